The normalized spacial score (nSPS) is 11.8. The van der Waals surface area contributed by atoms with Crippen molar-refractivity contribution in [1.29, 1.82) is 0 Å². The molecule has 0 bridgehead atoms. The highest BCUT2D eigenvalue weighted by molar-refractivity contribution is 7.89. The zero-order valence-electron chi connectivity index (χ0n) is 11.9. The van der Waals surface area contributed by atoms with E-state index >= 15 is 0 Å². The first-order valence-corrected chi connectivity index (χ1v) is 7.83. The van der Waals surface area contributed by atoms with Crippen molar-refractivity contribution in [3.05, 3.63) is 28.3 Å². The van der Waals surface area contributed by atoms with E-state index in [1.807, 2.05) is 13.8 Å². The van der Waals surface area contributed by atoms with Gasteiger partial charge in [-0.25, -0.2) is 13.1 Å². The summed E-state index contributed by atoms with van der Waals surface area (Å²) < 4.78 is 31.6. The molecule has 1 rings (SSSR count). The van der Waals surface area contributed by atoms with Crippen molar-refractivity contribution in [2.24, 2.45) is 5.92 Å². The van der Waals surface area contributed by atoms with Gasteiger partial charge in [0.25, 0.3) is 5.69 Å². The van der Waals surface area contributed by atoms with Crippen LogP contribution in [0.25, 0.3) is 0 Å². The lowest BCUT2D eigenvalue weighted by Crippen LogP contribution is -2.28. The number of hydrogen-bond acceptors (Lipinski definition) is 6. The number of anilines is 1. The van der Waals surface area contributed by atoms with E-state index in [0.717, 1.165) is 12.1 Å². The minimum absolute atomic E-state index is 0.0383. The van der Waals surface area contributed by atoms with E-state index in [-0.39, 0.29) is 18.8 Å². The van der Waals surface area contributed by atoms with Crippen molar-refractivity contribution in [2.45, 2.75) is 18.7 Å². The number of nitro benzene ring substituents is 1. The second-order valence-corrected chi connectivity index (χ2v) is 6.59. The zero-order valence-corrected chi connectivity index (χ0v) is 12.7. The van der Waals surface area contributed by atoms with E-state index in [0.29, 0.717) is 12.5 Å². The molecule has 8 nitrogen and oxygen atoms in total. The van der Waals surface area contributed by atoms with Crippen molar-refractivity contribution in [2.75, 3.05) is 25.5 Å². The third-order valence-electron chi connectivity index (χ3n) is 2.46. The summed E-state index contributed by atoms with van der Waals surface area (Å²) in [5, 5.41) is 10.9. The number of nitrogens with two attached hydrogens (primary N) is 1. The predicted molar refractivity (Wildman–Crippen MR) is 78.4 cm³/mol. The molecule has 9 heteroatoms. The average Bonchev–Trinajstić information content (AvgIpc) is 2.37. The van der Waals surface area contributed by atoms with Gasteiger partial charge in [-0.2, -0.15) is 0 Å². The molecule has 3 N–H and O–H groups in total. The summed E-state index contributed by atoms with van der Waals surface area (Å²) in [4.78, 5) is 9.72. The predicted octanol–water partition coefficient (Wildman–Crippen LogP) is 1.13. The molecule has 1 aromatic rings. The Hall–Kier alpha value is -1.71. The number of hydrogen-bond donors (Lipinski definition) is 2. The SMILES string of the molecule is CC(C)COCCNS(=O)(=O)c1ccc(N)cc1[N+](=O)[O-]. The van der Waals surface area contributed by atoms with E-state index in [4.69, 9.17) is 10.5 Å². The molecule has 118 valence electrons. The van der Waals surface area contributed by atoms with Crippen molar-refractivity contribution in [3.63, 3.8) is 0 Å². The second-order valence-electron chi connectivity index (χ2n) is 4.85. The van der Waals surface area contributed by atoms with Gasteiger partial charge in [0.1, 0.15) is 0 Å². The first-order valence-electron chi connectivity index (χ1n) is 6.35. The fraction of sp³-hybridized carbons (Fsp3) is 0.500. The number of nitrogens with one attached hydrogen (secondary N) is 1. The van der Waals surface area contributed by atoms with E-state index in [2.05, 4.69) is 4.72 Å². The Kier molecular flexibility index (Phi) is 6.06. The van der Waals surface area contributed by atoms with E-state index in [9.17, 15) is 18.5 Å². The molecule has 0 fully saturated rings. The number of ether oxygens (including phenoxy) is 1. The topological polar surface area (TPSA) is 125 Å². The molecule has 0 radical (unpaired) electrons. The molecule has 0 aliphatic carbocycles. The van der Waals surface area contributed by atoms with Gasteiger partial charge in [-0.15, -0.1) is 0 Å². The molecule has 0 heterocycles. The lowest BCUT2D eigenvalue weighted by molar-refractivity contribution is -0.387. The van der Waals surface area contributed by atoms with Gasteiger partial charge in [0, 0.05) is 24.9 Å². The monoisotopic (exact) mass is 317 g/mol. The van der Waals surface area contributed by atoms with Crippen LogP contribution in [0.2, 0.25) is 0 Å². The highest BCUT2D eigenvalue weighted by atomic mass is 32.2. The Labute approximate surface area is 123 Å². The molecule has 0 atom stereocenters. The summed E-state index contributed by atoms with van der Waals surface area (Å²) in [6.07, 6.45) is 0. The molecule has 0 amide bonds. The summed E-state index contributed by atoms with van der Waals surface area (Å²) in [6, 6.07) is 3.44. The van der Waals surface area contributed by atoms with Crippen LogP contribution < -0.4 is 10.5 Å². The zero-order chi connectivity index (χ0) is 16.0. The summed E-state index contributed by atoms with van der Waals surface area (Å²) in [5.74, 6) is 0.347. The van der Waals surface area contributed by atoms with E-state index in [1.54, 1.807) is 0 Å². The highest BCUT2D eigenvalue weighted by Gasteiger charge is 2.25. The molecule has 0 unspecified atom stereocenters. The van der Waals surface area contributed by atoms with Gasteiger partial charge in [0.2, 0.25) is 10.0 Å². The molecule has 0 saturated carbocycles. The van der Waals surface area contributed by atoms with Gasteiger partial charge in [-0.3, -0.25) is 10.1 Å². The van der Waals surface area contributed by atoms with Crippen LogP contribution in [-0.2, 0) is 14.8 Å². The fourth-order valence-corrected chi connectivity index (χ4v) is 2.71. The van der Waals surface area contributed by atoms with Crippen LogP contribution in [-0.4, -0.2) is 33.1 Å². The number of sulfonamides is 1. The summed E-state index contributed by atoms with van der Waals surface area (Å²) >= 11 is 0. The summed E-state index contributed by atoms with van der Waals surface area (Å²) in [7, 11) is -3.98. The van der Waals surface area contributed by atoms with Crippen LogP contribution >= 0.6 is 0 Å². The van der Waals surface area contributed by atoms with E-state index < -0.39 is 25.5 Å². The first kappa shape index (κ1) is 17.3. The number of nitrogen functional groups attached to an aromatic ring is 1. The van der Waals surface area contributed by atoms with Crippen LogP contribution in [0.15, 0.2) is 23.1 Å². The summed E-state index contributed by atoms with van der Waals surface area (Å²) in [5.41, 5.74) is 5.01. The maximum absolute atomic E-state index is 12.1. The molecule has 0 saturated heterocycles. The minimum Gasteiger partial charge on any atom is -0.399 e. The Bertz CT molecular complexity index is 601. The van der Waals surface area contributed by atoms with Gasteiger partial charge in [0.15, 0.2) is 4.90 Å². The van der Waals surface area contributed by atoms with E-state index in [1.165, 1.54) is 6.07 Å². The third kappa shape index (κ3) is 5.29. The molecule has 0 aromatic heterocycles. The number of benzene rings is 1. The van der Waals surface area contributed by atoms with Crippen LogP contribution in [0.4, 0.5) is 11.4 Å². The Morgan fingerprint density at radius 1 is 1.43 bits per heavy atom. The molecule has 0 spiro atoms. The second kappa shape index (κ2) is 7.34. The third-order valence-corrected chi connectivity index (χ3v) is 3.97. The van der Waals surface area contributed by atoms with Gasteiger partial charge in [0.05, 0.1) is 11.5 Å². The smallest absolute Gasteiger partial charge is 0.291 e. The molecule has 1 aromatic carbocycles. The molecular formula is C12H19N3O5S. The number of nitro groups is 1. The Morgan fingerprint density at radius 2 is 2.10 bits per heavy atom. The van der Waals surface area contributed by atoms with Gasteiger partial charge >= 0.3 is 0 Å². The van der Waals surface area contributed by atoms with Crippen LogP contribution in [0.1, 0.15) is 13.8 Å². The van der Waals surface area contributed by atoms with Crippen LogP contribution in [0.3, 0.4) is 0 Å². The lowest BCUT2D eigenvalue weighted by atomic mass is 10.2. The summed E-state index contributed by atoms with van der Waals surface area (Å²) in [6.45, 7) is 4.70. The van der Waals surface area contributed by atoms with Gasteiger partial charge < -0.3 is 10.5 Å². The molecule has 0 aliphatic heterocycles. The number of rotatable bonds is 8. The quantitative estimate of drug-likeness (QED) is 0.320. The number of nitrogens with zero attached hydrogens (tertiary/aromatic N) is 1. The largest absolute Gasteiger partial charge is 0.399 e. The fourth-order valence-electron chi connectivity index (χ4n) is 1.55. The van der Waals surface area contributed by atoms with Crippen LogP contribution in [0, 0.1) is 16.0 Å². The standard InChI is InChI=1S/C12H19N3O5S/c1-9(2)8-20-6-5-14-21(18,19)12-4-3-10(13)7-11(12)15(16)17/h3-4,7,9,14H,5-6,8,13H2,1-2H3. The van der Waals surface area contributed by atoms with Crippen molar-refractivity contribution < 1.29 is 18.1 Å². The molecule has 21 heavy (non-hydrogen) atoms. The highest BCUT2D eigenvalue weighted by Crippen LogP contribution is 2.25. The first-order chi connectivity index (χ1) is 9.74. The van der Waals surface area contributed by atoms with Crippen molar-refractivity contribution in [3.8, 4) is 0 Å². The molecular weight excluding hydrogens is 298 g/mol. The van der Waals surface area contributed by atoms with Crippen molar-refractivity contribution in [1.82, 2.24) is 4.72 Å². The lowest BCUT2D eigenvalue weighted by Gasteiger charge is -2.09. The van der Waals surface area contributed by atoms with Gasteiger partial charge in [-0.05, 0) is 18.1 Å². The maximum Gasteiger partial charge on any atom is 0.291 e. The Balaban J connectivity index is 2.77. The van der Waals surface area contributed by atoms with Crippen molar-refractivity contribution >= 4 is 21.4 Å². The average molecular weight is 317 g/mol. The van der Waals surface area contributed by atoms with Crippen LogP contribution in [0.5, 0.6) is 0 Å². The Morgan fingerprint density at radius 3 is 2.67 bits per heavy atom. The molecule has 0 aliphatic rings. The maximum atomic E-state index is 12.1. The minimum atomic E-state index is -3.98. The van der Waals surface area contributed by atoms with Gasteiger partial charge in [-0.1, -0.05) is 13.8 Å².